The number of ether oxygens (including phenoxy) is 2. The van der Waals surface area contributed by atoms with Gasteiger partial charge in [0.25, 0.3) is 0 Å². The molecule has 2 heterocycles. The van der Waals surface area contributed by atoms with Gasteiger partial charge in [0.15, 0.2) is 11.5 Å². The zero-order chi connectivity index (χ0) is 24.3. The molecule has 182 valence electrons. The number of para-hydroxylation sites is 2. The Balaban J connectivity index is 1.69. The zero-order valence-electron chi connectivity index (χ0n) is 19.7. The maximum Gasteiger partial charge on any atom is 0.238 e. The molecule has 1 aromatic heterocycles. The predicted octanol–water partition coefficient (Wildman–Crippen LogP) is 3.25. The minimum atomic E-state index is -3.47. The Labute approximate surface area is 200 Å². The molecule has 0 aliphatic carbocycles. The molecule has 8 nitrogen and oxygen atoms in total. The van der Waals surface area contributed by atoms with E-state index in [1.165, 1.54) is 4.31 Å². The molecule has 1 aliphatic rings. The summed E-state index contributed by atoms with van der Waals surface area (Å²) in [5, 5.41) is 4.08. The molecular weight excluding hydrogens is 454 g/mol. The van der Waals surface area contributed by atoms with Gasteiger partial charge in [-0.05, 0) is 30.5 Å². The fourth-order valence-electron chi connectivity index (χ4n) is 4.84. The van der Waals surface area contributed by atoms with Crippen LogP contribution >= 0.6 is 0 Å². The minimum Gasteiger partial charge on any atom is -0.493 e. The summed E-state index contributed by atoms with van der Waals surface area (Å²) in [5.74, 6) is 0.675. The van der Waals surface area contributed by atoms with Crippen LogP contribution in [0.1, 0.15) is 36.3 Å². The molecule has 34 heavy (non-hydrogen) atoms. The summed E-state index contributed by atoms with van der Waals surface area (Å²) in [5.41, 5.74) is 2.87. The molecule has 4 rings (SSSR count). The van der Waals surface area contributed by atoms with E-state index < -0.39 is 16.1 Å². The number of aromatic nitrogens is 1. The molecule has 1 aliphatic heterocycles. The summed E-state index contributed by atoms with van der Waals surface area (Å²) in [6.45, 7) is 0.644. The van der Waals surface area contributed by atoms with Gasteiger partial charge < -0.3 is 19.8 Å². The van der Waals surface area contributed by atoms with Gasteiger partial charge in [0, 0.05) is 41.7 Å². The molecule has 2 atom stereocenters. The first-order valence-corrected chi connectivity index (χ1v) is 13.2. The number of fused-ring (bicyclic) bond motifs is 1. The van der Waals surface area contributed by atoms with E-state index in [9.17, 15) is 13.2 Å². The average molecular weight is 486 g/mol. The Morgan fingerprint density at radius 1 is 1.12 bits per heavy atom. The Bertz CT molecular complexity index is 1270. The Hall–Kier alpha value is -3.04. The SMILES string of the molecule is COc1cccc(C(CNC(=O)C2CCCCN2S(C)(=O)=O)c2c[nH]c3ccccc23)c1OC. The lowest BCUT2D eigenvalue weighted by Gasteiger charge is -2.33. The van der Waals surface area contributed by atoms with Crippen LogP contribution in [0.5, 0.6) is 11.5 Å². The molecular formula is C25H31N3O5S. The highest BCUT2D eigenvalue weighted by Gasteiger charge is 2.35. The van der Waals surface area contributed by atoms with Gasteiger partial charge in [-0.25, -0.2) is 8.42 Å². The highest BCUT2D eigenvalue weighted by molar-refractivity contribution is 7.88. The van der Waals surface area contributed by atoms with Crippen LogP contribution in [-0.4, -0.2) is 63.2 Å². The number of methoxy groups -OCH3 is 2. The van der Waals surface area contributed by atoms with Crippen LogP contribution in [0.15, 0.2) is 48.7 Å². The quantitative estimate of drug-likeness (QED) is 0.510. The Morgan fingerprint density at radius 2 is 1.91 bits per heavy atom. The largest absolute Gasteiger partial charge is 0.493 e. The second-order valence-electron chi connectivity index (χ2n) is 8.56. The highest BCUT2D eigenvalue weighted by Crippen LogP contribution is 2.40. The van der Waals surface area contributed by atoms with E-state index in [2.05, 4.69) is 10.3 Å². The molecule has 1 fully saturated rings. The van der Waals surface area contributed by atoms with Gasteiger partial charge in [-0.2, -0.15) is 4.31 Å². The van der Waals surface area contributed by atoms with E-state index >= 15 is 0 Å². The number of nitrogens with zero attached hydrogens (tertiary/aromatic N) is 1. The summed E-state index contributed by atoms with van der Waals surface area (Å²) < 4.78 is 37.1. The molecule has 0 saturated carbocycles. The lowest BCUT2D eigenvalue weighted by molar-refractivity contribution is -0.125. The van der Waals surface area contributed by atoms with Crippen LogP contribution in [0.4, 0.5) is 0 Å². The van der Waals surface area contributed by atoms with E-state index in [0.717, 1.165) is 41.1 Å². The zero-order valence-corrected chi connectivity index (χ0v) is 20.5. The molecule has 9 heteroatoms. The topological polar surface area (TPSA) is 101 Å². The maximum atomic E-state index is 13.2. The van der Waals surface area contributed by atoms with Crippen LogP contribution in [0, 0.1) is 0 Å². The number of nitrogens with one attached hydrogen (secondary N) is 2. The number of hydrogen-bond donors (Lipinski definition) is 2. The Morgan fingerprint density at radius 3 is 2.65 bits per heavy atom. The molecule has 0 radical (unpaired) electrons. The van der Waals surface area contributed by atoms with Crippen molar-refractivity contribution in [3.63, 3.8) is 0 Å². The number of rotatable bonds is 8. The minimum absolute atomic E-state index is 0.250. The van der Waals surface area contributed by atoms with Crippen LogP contribution < -0.4 is 14.8 Å². The van der Waals surface area contributed by atoms with Gasteiger partial charge >= 0.3 is 0 Å². The van der Waals surface area contributed by atoms with E-state index in [-0.39, 0.29) is 18.4 Å². The normalized spacial score (nSPS) is 17.9. The summed E-state index contributed by atoms with van der Waals surface area (Å²) >= 11 is 0. The smallest absolute Gasteiger partial charge is 0.238 e. The molecule has 1 amide bonds. The van der Waals surface area contributed by atoms with Crippen molar-refractivity contribution in [3.05, 3.63) is 59.8 Å². The monoisotopic (exact) mass is 485 g/mol. The molecule has 1 saturated heterocycles. The number of carbonyl (C=O) groups excluding carboxylic acids is 1. The van der Waals surface area contributed by atoms with Crippen molar-refractivity contribution in [2.75, 3.05) is 33.6 Å². The predicted molar refractivity (Wildman–Crippen MR) is 132 cm³/mol. The molecule has 0 bridgehead atoms. The van der Waals surface area contributed by atoms with E-state index in [1.54, 1.807) is 14.2 Å². The third-order valence-corrected chi connectivity index (χ3v) is 7.76. The van der Waals surface area contributed by atoms with Crippen molar-refractivity contribution < 1.29 is 22.7 Å². The lowest BCUT2D eigenvalue weighted by atomic mass is 9.89. The number of aromatic amines is 1. The summed E-state index contributed by atoms with van der Waals surface area (Å²) in [6.07, 6.45) is 5.20. The van der Waals surface area contributed by atoms with E-state index in [0.29, 0.717) is 24.5 Å². The molecule has 2 N–H and O–H groups in total. The summed E-state index contributed by atoms with van der Waals surface area (Å²) in [6, 6.07) is 13.0. The van der Waals surface area contributed by atoms with Crippen LogP contribution in [0.2, 0.25) is 0 Å². The third kappa shape index (κ3) is 4.76. The summed E-state index contributed by atoms with van der Waals surface area (Å²) in [7, 11) is -0.286. The van der Waals surface area contributed by atoms with Gasteiger partial charge in [0.05, 0.1) is 20.5 Å². The van der Waals surface area contributed by atoms with Crippen molar-refractivity contribution in [1.29, 1.82) is 0 Å². The first kappa shape index (κ1) is 24.1. The van der Waals surface area contributed by atoms with Gasteiger partial charge in [0.1, 0.15) is 6.04 Å². The van der Waals surface area contributed by atoms with Gasteiger partial charge in [-0.15, -0.1) is 0 Å². The van der Waals surface area contributed by atoms with Crippen molar-refractivity contribution in [2.24, 2.45) is 0 Å². The van der Waals surface area contributed by atoms with E-state index in [4.69, 9.17) is 9.47 Å². The van der Waals surface area contributed by atoms with E-state index in [1.807, 2.05) is 48.7 Å². The van der Waals surface area contributed by atoms with Crippen molar-refractivity contribution in [3.8, 4) is 11.5 Å². The molecule has 0 spiro atoms. The number of amides is 1. The fourth-order valence-corrected chi connectivity index (χ4v) is 5.96. The fraction of sp³-hybridized carbons (Fsp3) is 0.400. The number of sulfonamides is 1. The van der Waals surface area contributed by atoms with Crippen molar-refractivity contribution in [2.45, 2.75) is 31.2 Å². The second-order valence-corrected chi connectivity index (χ2v) is 10.5. The molecule has 3 aromatic rings. The first-order valence-electron chi connectivity index (χ1n) is 11.4. The van der Waals surface area contributed by atoms with Crippen LogP contribution in [0.25, 0.3) is 10.9 Å². The summed E-state index contributed by atoms with van der Waals surface area (Å²) in [4.78, 5) is 16.5. The molecule has 2 unspecified atom stereocenters. The number of hydrogen-bond acceptors (Lipinski definition) is 5. The van der Waals surface area contributed by atoms with Crippen molar-refractivity contribution in [1.82, 2.24) is 14.6 Å². The number of H-pyrrole nitrogens is 1. The first-order chi connectivity index (χ1) is 16.3. The van der Waals surface area contributed by atoms with Gasteiger partial charge in [-0.3, -0.25) is 4.79 Å². The standard InChI is InChI=1S/C25H31N3O5S/c1-32-23-13-8-10-18(24(23)33-2)20(19-15-26-21-11-5-4-9-17(19)21)16-27-25(29)22-12-6-7-14-28(22)34(3,30)31/h4-5,8-11,13,15,20,22,26H,6-7,12,14,16H2,1-3H3,(H,27,29). The Kier molecular flexibility index (Phi) is 7.13. The average Bonchev–Trinajstić information content (AvgIpc) is 3.27. The number of benzene rings is 2. The number of carbonyl (C=O) groups is 1. The second kappa shape index (κ2) is 10.1. The third-order valence-electron chi connectivity index (χ3n) is 6.47. The van der Waals surface area contributed by atoms with Gasteiger partial charge in [-0.1, -0.05) is 36.8 Å². The highest BCUT2D eigenvalue weighted by atomic mass is 32.2. The maximum absolute atomic E-state index is 13.2. The molecule has 2 aromatic carbocycles. The van der Waals surface area contributed by atoms with Gasteiger partial charge in [0.2, 0.25) is 15.9 Å². The van der Waals surface area contributed by atoms with Crippen LogP contribution in [-0.2, 0) is 14.8 Å². The van der Waals surface area contributed by atoms with Crippen molar-refractivity contribution >= 4 is 26.8 Å². The lowest BCUT2D eigenvalue weighted by Crippen LogP contribution is -2.52. The van der Waals surface area contributed by atoms with Crippen LogP contribution in [0.3, 0.4) is 0 Å². The number of piperidine rings is 1.